The van der Waals surface area contributed by atoms with Crippen LogP contribution >= 0.6 is 11.3 Å². The number of nitro groups is 1. The predicted molar refractivity (Wildman–Crippen MR) is 128 cm³/mol. The second-order valence-electron chi connectivity index (χ2n) is 8.47. The Kier molecular flexibility index (Phi) is 7.56. The molecule has 1 N–H and O–H groups in total. The third-order valence-electron chi connectivity index (χ3n) is 6.13. The van der Waals surface area contributed by atoms with Crippen molar-refractivity contribution in [1.82, 2.24) is 14.7 Å². The first-order valence-electron chi connectivity index (χ1n) is 11.4. The van der Waals surface area contributed by atoms with E-state index in [9.17, 15) is 19.7 Å². The lowest BCUT2D eigenvalue weighted by Crippen LogP contribution is -2.51. The van der Waals surface area contributed by atoms with Crippen molar-refractivity contribution in [3.8, 4) is 0 Å². The van der Waals surface area contributed by atoms with Crippen molar-refractivity contribution >= 4 is 34.6 Å². The minimum atomic E-state index is -0.479. The van der Waals surface area contributed by atoms with Gasteiger partial charge in [0.15, 0.2) is 0 Å². The predicted octanol–water partition coefficient (Wildman–Crippen LogP) is 4.02. The average molecular weight is 472 g/mol. The highest BCUT2D eigenvalue weighted by Crippen LogP contribution is 2.23. The highest BCUT2D eigenvalue weighted by atomic mass is 32.1. The molecular weight excluding hydrogens is 442 g/mol. The molecule has 3 amide bonds. The Hall–Kier alpha value is -2.98. The van der Waals surface area contributed by atoms with Gasteiger partial charge in [-0.1, -0.05) is 12.8 Å². The number of carbonyl (C=O) groups is 2. The number of anilines is 1. The van der Waals surface area contributed by atoms with E-state index in [0.29, 0.717) is 31.9 Å². The molecule has 0 radical (unpaired) electrons. The van der Waals surface area contributed by atoms with Crippen LogP contribution in [-0.4, -0.2) is 70.8 Å². The van der Waals surface area contributed by atoms with Crippen LogP contribution in [0.3, 0.4) is 0 Å². The number of amides is 3. The molecule has 0 atom stereocenters. The molecule has 9 nitrogen and oxygen atoms in total. The summed E-state index contributed by atoms with van der Waals surface area (Å²) < 4.78 is 0. The van der Waals surface area contributed by atoms with Gasteiger partial charge >= 0.3 is 6.03 Å². The van der Waals surface area contributed by atoms with Gasteiger partial charge in [-0.15, -0.1) is 11.3 Å². The first kappa shape index (κ1) is 23.2. The van der Waals surface area contributed by atoms with Crippen LogP contribution in [0.2, 0.25) is 0 Å². The molecule has 10 heteroatoms. The third kappa shape index (κ3) is 6.08. The molecule has 2 aliphatic rings. The molecule has 0 unspecified atom stereocenters. The number of hydrogen-bond acceptors (Lipinski definition) is 6. The van der Waals surface area contributed by atoms with E-state index in [4.69, 9.17) is 0 Å². The Morgan fingerprint density at radius 2 is 1.52 bits per heavy atom. The largest absolute Gasteiger partial charge is 0.334 e. The normalized spacial score (nSPS) is 17.5. The Labute approximate surface area is 197 Å². The standard InChI is InChI=1S/C23H29N5O4S/c29-22(21-10-9-20(33-21)17-25-11-3-1-2-4-12-25)26-13-15-27(16-14-26)23(30)24-18-5-7-19(8-6-18)28(31)32/h5-10H,1-4,11-17H2,(H,24,30). The summed E-state index contributed by atoms with van der Waals surface area (Å²) in [5, 5.41) is 13.5. The van der Waals surface area contributed by atoms with Crippen molar-refractivity contribution in [2.45, 2.75) is 32.2 Å². The van der Waals surface area contributed by atoms with Gasteiger partial charge in [-0.2, -0.15) is 0 Å². The fourth-order valence-electron chi connectivity index (χ4n) is 4.23. The van der Waals surface area contributed by atoms with Crippen LogP contribution in [0.5, 0.6) is 0 Å². The van der Waals surface area contributed by atoms with Gasteiger partial charge in [-0.3, -0.25) is 19.8 Å². The quantitative estimate of drug-likeness (QED) is 0.524. The van der Waals surface area contributed by atoms with Crippen molar-refractivity contribution in [1.29, 1.82) is 0 Å². The summed E-state index contributed by atoms with van der Waals surface area (Å²) >= 11 is 1.57. The zero-order valence-electron chi connectivity index (χ0n) is 18.6. The first-order chi connectivity index (χ1) is 16.0. The van der Waals surface area contributed by atoms with Crippen LogP contribution in [0.25, 0.3) is 0 Å². The number of nitrogens with one attached hydrogen (secondary N) is 1. The maximum Gasteiger partial charge on any atom is 0.321 e. The summed E-state index contributed by atoms with van der Waals surface area (Å²) in [6.45, 7) is 5.01. The summed E-state index contributed by atoms with van der Waals surface area (Å²) in [5.74, 6) is 0.0255. The lowest BCUT2D eigenvalue weighted by molar-refractivity contribution is -0.384. The zero-order valence-corrected chi connectivity index (χ0v) is 19.4. The van der Waals surface area contributed by atoms with Gasteiger partial charge in [0.05, 0.1) is 9.80 Å². The fourth-order valence-corrected chi connectivity index (χ4v) is 5.25. The lowest BCUT2D eigenvalue weighted by Gasteiger charge is -2.34. The van der Waals surface area contributed by atoms with Crippen molar-refractivity contribution in [3.63, 3.8) is 0 Å². The van der Waals surface area contributed by atoms with Crippen molar-refractivity contribution in [3.05, 3.63) is 56.3 Å². The summed E-state index contributed by atoms with van der Waals surface area (Å²) in [5.41, 5.74) is 0.475. The van der Waals surface area contributed by atoms with E-state index in [1.165, 1.54) is 54.8 Å². The van der Waals surface area contributed by atoms with Crippen LogP contribution in [0, 0.1) is 10.1 Å². The number of piperazine rings is 1. The summed E-state index contributed by atoms with van der Waals surface area (Å²) in [6.07, 6.45) is 5.11. The molecule has 4 rings (SSSR count). The highest BCUT2D eigenvalue weighted by Gasteiger charge is 2.26. The van der Waals surface area contributed by atoms with Gasteiger partial charge in [0.2, 0.25) is 0 Å². The minimum Gasteiger partial charge on any atom is -0.334 e. The van der Waals surface area contributed by atoms with E-state index in [2.05, 4.69) is 16.3 Å². The molecule has 2 aromatic rings. The maximum absolute atomic E-state index is 13.0. The number of non-ortho nitro benzene ring substituents is 1. The topological polar surface area (TPSA) is 99.0 Å². The summed E-state index contributed by atoms with van der Waals surface area (Å²) in [4.78, 5) is 43.7. The van der Waals surface area contributed by atoms with Gasteiger partial charge < -0.3 is 15.1 Å². The van der Waals surface area contributed by atoms with Crippen LogP contribution < -0.4 is 5.32 Å². The molecule has 3 heterocycles. The molecule has 2 aliphatic heterocycles. The number of benzene rings is 1. The Morgan fingerprint density at radius 3 is 2.15 bits per heavy atom. The molecule has 1 aromatic carbocycles. The zero-order chi connectivity index (χ0) is 23.2. The maximum atomic E-state index is 13.0. The molecule has 2 saturated heterocycles. The van der Waals surface area contributed by atoms with Crippen LogP contribution in [0.1, 0.15) is 40.2 Å². The molecule has 0 bridgehead atoms. The molecule has 2 fully saturated rings. The molecule has 33 heavy (non-hydrogen) atoms. The van der Waals surface area contributed by atoms with E-state index in [1.807, 2.05) is 6.07 Å². The smallest absolute Gasteiger partial charge is 0.321 e. The number of carbonyl (C=O) groups excluding carboxylic acids is 2. The molecule has 0 aliphatic carbocycles. The fraction of sp³-hybridized carbons (Fsp3) is 0.478. The second kappa shape index (κ2) is 10.8. The molecule has 0 saturated carbocycles. The van der Waals surface area contributed by atoms with E-state index >= 15 is 0 Å². The van der Waals surface area contributed by atoms with E-state index in [0.717, 1.165) is 24.5 Å². The van der Waals surface area contributed by atoms with Gasteiger partial charge in [0.25, 0.3) is 11.6 Å². The van der Waals surface area contributed by atoms with E-state index in [-0.39, 0.29) is 17.6 Å². The molecule has 0 spiro atoms. The molecule has 176 valence electrons. The van der Waals surface area contributed by atoms with E-state index in [1.54, 1.807) is 21.1 Å². The number of thiophene rings is 1. The SMILES string of the molecule is O=C(Nc1ccc([N+](=O)[O-])cc1)N1CCN(C(=O)c2ccc(CN3CCCCCC3)s2)CC1. The summed E-state index contributed by atoms with van der Waals surface area (Å²) in [7, 11) is 0. The Morgan fingerprint density at radius 1 is 0.879 bits per heavy atom. The second-order valence-corrected chi connectivity index (χ2v) is 9.64. The van der Waals surface area contributed by atoms with Crippen molar-refractivity contribution in [2.75, 3.05) is 44.6 Å². The van der Waals surface area contributed by atoms with Gasteiger partial charge in [0, 0.05) is 55.4 Å². The number of hydrogen-bond donors (Lipinski definition) is 1. The highest BCUT2D eigenvalue weighted by molar-refractivity contribution is 7.14. The van der Waals surface area contributed by atoms with Gasteiger partial charge in [-0.25, -0.2) is 4.79 Å². The minimum absolute atomic E-state index is 0.0247. The Bertz CT molecular complexity index is 977. The number of nitrogens with zero attached hydrogens (tertiary/aromatic N) is 4. The third-order valence-corrected chi connectivity index (χ3v) is 7.19. The number of nitro benzene ring substituents is 1. The Balaban J connectivity index is 1.26. The number of rotatable bonds is 5. The molecular formula is C23H29N5O4S. The van der Waals surface area contributed by atoms with E-state index < -0.39 is 4.92 Å². The lowest BCUT2D eigenvalue weighted by atomic mass is 10.2. The van der Waals surface area contributed by atoms with Crippen LogP contribution in [-0.2, 0) is 6.54 Å². The summed E-state index contributed by atoms with van der Waals surface area (Å²) in [6, 6.07) is 9.45. The van der Waals surface area contributed by atoms with Crippen LogP contribution in [0.4, 0.5) is 16.2 Å². The number of urea groups is 1. The monoisotopic (exact) mass is 471 g/mol. The van der Waals surface area contributed by atoms with Gasteiger partial charge in [0.1, 0.15) is 0 Å². The first-order valence-corrected chi connectivity index (χ1v) is 12.2. The van der Waals surface area contributed by atoms with Crippen molar-refractivity contribution in [2.24, 2.45) is 0 Å². The molecule has 1 aromatic heterocycles. The van der Waals surface area contributed by atoms with Gasteiger partial charge in [-0.05, 0) is 50.2 Å². The number of likely N-dealkylation sites (tertiary alicyclic amines) is 1. The van der Waals surface area contributed by atoms with Crippen LogP contribution in [0.15, 0.2) is 36.4 Å². The van der Waals surface area contributed by atoms with Crippen molar-refractivity contribution < 1.29 is 14.5 Å². The average Bonchev–Trinajstić information content (AvgIpc) is 3.14.